The molecule has 0 bridgehead atoms. The molecule has 1 aliphatic rings. The summed E-state index contributed by atoms with van der Waals surface area (Å²) in [6, 6.07) is 27.2. The van der Waals surface area contributed by atoms with Crippen molar-refractivity contribution < 1.29 is 32.7 Å². The number of rotatable bonds is 23. The lowest BCUT2D eigenvalue weighted by atomic mass is 10.0. The second-order valence-electron chi connectivity index (χ2n) is 17.7. The van der Waals surface area contributed by atoms with Gasteiger partial charge in [0.25, 0.3) is 0 Å². The number of carbonyl (C=O) groups is 1. The molecule has 366 valence electrons. The molecule has 4 aromatic carbocycles. The van der Waals surface area contributed by atoms with Crippen LogP contribution in [0.3, 0.4) is 0 Å². The molecule has 0 spiro atoms. The van der Waals surface area contributed by atoms with Gasteiger partial charge in [-0.25, -0.2) is 9.37 Å². The summed E-state index contributed by atoms with van der Waals surface area (Å²) in [6.07, 6.45) is 3.90. The normalized spacial score (nSPS) is 13.4. The summed E-state index contributed by atoms with van der Waals surface area (Å²) in [5.41, 5.74) is 12.0. The average Bonchev–Trinajstić information content (AvgIpc) is 4.14. The summed E-state index contributed by atoms with van der Waals surface area (Å²) in [6.45, 7) is 17.1. The van der Waals surface area contributed by atoms with Gasteiger partial charge < -0.3 is 43.2 Å². The smallest absolute Gasteiger partial charge is 0.247 e. The summed E-state index contributed by atoms with van der Waals surface area (Å²) in [7, 11) is 0. The fourth-order valence-corrected chi connectivity index (χ4v) is 10.2. The van der Waals surface area contributed by atoms with Crippen LogP contribution in [-0.4, -0.2) is 102 Å². The Kier molecular flexibility index (Phi) is 16.0. The number of hydrogen-bond donors (Lipinski definition) is 2. The summed E-state index contributed by atoms with van der Waals surface area (Å²) < 4.78 is 47.8. The van der Waals surface area contributed by atoms with Crippen molar-refractivity contribution in [1.82, 2.24) is 34.8 Å². The average molecular weight is 968 g/mol. The number of thiophene rings is 1. The van der Waals surface area contributed by atoms with Crippen molar-refractivity contribution in [1.29, 1.82) is 0 Å². The number of halogens is 1. The molecule has 8 aromatic rings. The molecule has 0 radical (unpaired) electrons. The molecule has 0 atom stereocenters. The van der Waals surface area contributed by atoms with Crippen molar-refractivity contribution in [3.8, 4) is 27.3 Å². The van der Waals surface area contributed by atoms with E-state index in [1.807, 2.05) is 19.9 Å². The number of hydrogen-bond acceptors (Lipinski definition) is 11. The summed E-state index contributed by atoms with van der Waals surface area (Å²) in [5.74, 6) is 1.07. The van der Waals surface area contributed by atoms with E-state index in [9.17, 15) is 4.79 Å². The van der Waals surface area contributed by atoms with Crippen molar-refractivity contribution >= 4 is 50.1 Å². The van der Waals surface area contributed by atoms with Gasteiger partial charge in [-0.15, -0.1) is 11.3 Å². The van der Waals surface area contributed by atoms with Crippen LogP contribution in [0.1, 0.15) is 40.9 Å². The third-order valence-electron chi connectivity index (χ3n) is 12.9. The van der Waals surface area contributed by atoms with Crippen molar-refractivity contribution in [3.05, 3.63) is 136 Å². The Hall–Kier alpha value is -6.36. The summed E-state index contributed by atoms with van der Waals surface area (Å²) in [4.78, 5) is 21.1. The molecule has 0 aliphatic carbocycles. The molecule has 2 N–H and O–H groups in total. The number of nitrogens with zero attached hydrogens (tertiary/aromatic N) is 5. The van der Waals surface area contributed by atoms with Crippen LogP contribution in [0.4, 0.5) is 4.39 Å². The van der Waals surface area contributed by atoms with Crippen LogP contribution in [0.15, 0.2) is 101 Å². The SMILES string of the molecule is CCn1c2ccc(CNCCOCCOC=CC(=O)NCCOc3ccc(CCc4nc5cc(-c6c(C)noc6C)ccc5n4CCN4CCOCC4)cc3F)cc2c2ccc(-c3cc(C)cs3)cc21. The lowest BCUT2D eigenvalue weighted by molar-refractivity contribution is -0.116. The van der Waals surface area contributed by atoms with Gasteiger partial charge in [-0.05, 0) is 116 Å². The molecule has 1 aliphatic heterocycles. The number of aromatic nitrogens is 4. The number of amides is 1. The Morgan fingerprint density at radius 1 is 0.829 bits per heavy atom. The number of imidazole rings is 1. The molecule has 4 aromatic heterocycles. The van der Waals surface area contributed by atoms with Gasteiger partial charge in [0.15, 0.2) is 11.6 Å². The molecule has 9 rings (SSSR count). The minimum absolute atomic E-state index is 0.108. The Morgan fingerprint density at radius 2 is 1.67 bits per heavy atom. The number of benzene rings is 4. The molecule has 0 unspecified atom stereocenters. The maximum Gasteiger partial charge on any atom is 0.247 e. The first-order valence-corrected chi connectivity index (χ1v) is 25.2. The number of morpholine rings is 1. The first-order valence-electron chi connectivity index (χ1n) is 24.3. The number of carbonyl (C=O) groups excluding carboxylic acids is 1. The predicted octanol–water partition coefficient (Wildman–Crippen LogP) is 9.56. The molecule has 15 heteroatoms. The van der Waals surface area contributed by atoms with E-state index in [4.69, 9.17) is 28.5 Å². The fourth-order valence-electron chi connectivity index (χ4n) is 9.30. The van der Waals surface area contributed by atoms with Crippen LogP contribution in [0.2, 0.25) is 0 Å². The van der Waals surface area contributed by atoms with Crippen molar-refractivity contribution in [2.75, 3.05) is 72.4 Å². The van der Waals surface area contributed by atoms with Gasteiger partial charge >= 0.3 is 0 Å². The highest BCUT2D eigenvalue weighted by Crippen LogP contribution is 2.35. The Labute approximate surface area is 412 Å². The molecule has 1 saturated heterocycles. The quantitative estimate of drug-likeness (QED) is 0.0363. The third-order valence-corrected chi connectivity index (χ3v) is 14.0. The fraction of sp³-hybridized carbons (Fsp3) is 0.364. The van der Waals surface area contributed by atoms with E-state index in [1.54, 1.807) is 17.4 Å². The van der Waals surface area contributed by atoms with Crippen LogP contribution >= 0.6 is 11.3 Å². The Morgan fingerprint density at radius 3 is 2.47 bits per heavy atom. The zero-order valence-electron chi connectivity index (χ0n) is 40.5. The van der Waals surface area contributed by atoms with E-state index in [0.29, 0.717) is 39.2 Å². The minimum Gasteiger partial charge on any atom is -0.499 e. The van der Waals surface area contributed by atoms with Crippen LogP contribution < -0.4 is 15.4 Å². The molecule has 70 heavy (non-hydrogen) atoms. The highest BCUT2D eigenvalue weighted by Gasteiger charge is 2.19. The largest absolute Gasteiger partial charge is 0.499 e. The van der Waals surface area contributed by atoms with E-state index >= 15 is 4.39 Å². The molecular weight excluding hydrogens is 906 g/mol. The Bertz CT molecular complexity index is 3070. The van der Waals surface area contributed by atoms with Gasteiger partial charge in [0.1, 0.15) is 24.8 Å². The highest BCUT2D eigenvalue weighted by molar-refractivity contribution is 7.13. The van der Waals surface area contributed by atoms with Crippen molar-refractivity contribution in [2.45, 2.75) is 60.2 Å². The zero-order valence-corrected chi connectivity index (χ0v) is 41.3. The van der Waals surface area contributed by atoms with Gasteiger partial charge in [0, 0.05) is 90.6 Å². The van der Waals surface area contributed by atoms with Gasteiger partial charge in [0.2, 0.25) is 5.91 Å². The molecule has 13 nitrogen and oxygen atoms in total. The van der Waals surface area contributed by atoms with Gasteiger partial charge in [0.05, 0.1) is 56.0 Å². The Balaban J connectivity index is 0.666. The zero-order chi connectivity index (χ0) is 48.4. The van der Waals surface area contributed by atoms with Crippen LogP contribution in [0.25, 0.3) is 54.4 Å². The molecular formula is C55H62FN7O6S. The van der Waals surface area contributed by atoms with Crippen LogP contribution in [-0.2, 0) is 51.5 Å². The molecule has 1 fully saturated rings. The van der Waals surface area contributed by atoms with E-state index in [-0.39, 0.29) is 24.8 Å². The predicted molar refractivity (Wildman–Crippen MR) is 275 cm³/mol. The monoisotopic (exact) mass is 967 g/mol. The topological polar surface area (TPSA) is 130 Å². The van der Waals surface area contributed by atoms with E-state index in [0.717, 1.165) is 97.5 Å². The van der Waals surface area contributed by atoms with Crippen molar-refractivity contribution in [2.24, 2.45) is 0 Å². The maximum atomic E-state index is 15.3. The highest BCUT2D eigenvalue weighted by atomic mass is 32.1. The molecule has 1 amide bonds. The number of fused-ring (bicyclic) bond motifs is 4. The van der Waals surface area contributed by atoms with E-state index in [1.165, 1.54) is 61.8 Å². The van der Waals surface area contributed by atoms with E-state index in [2.05, 4.69) is 110 Å². The van der Waals surface area contributed by atoms with E-state index < -0.39 is 5.82 Å². The maximum absolute atomic E-state index is 15.3. The number of ether oxygens (including phenoxy) is 4. The second-order valence-corrected chi connectivity index (χ2v) is 18.6. The molecule has 0 saturated carbocycles. The number of nitrogens with one attached hydrogen (secondary N) is 2. The van der Waals surface area contributed by atoms with Gasteiger partial charge in [-0.3, -0.25) is 9.69 Å². The minimum atomic E-state index is -0.451. The third kappa shape index (κ3) is 11.6. The van der Waals surface area contributed by atoms with Crippen LogP contribution in [0.5, 0.6) is 5.75 Å². The summed E-state index contributed by atoms with van der Waals surface area (Å²) in [5, 5.41) is 15.1. The lowest BCUT2D eigenvalue weighted by Gasteiger charge is -2.27. The van der Waals surface area contributed by atoms with Crippen molar-refractivity contribution in [3.63, 3.8) is 0 Å². The number of aryl methyl sites for hydroxylation is 6. The first-order chi connectivity index (χ1) is 34.2. The summed E-state index contributed by atoms with van der Waals surface area (Å²) >= 11 is 1.79. The first kappa shape index (κ1) is 48.7. The standard InChI is InChI=1S/C55H62FN7O6S/c1-5-62-48-12-6-41(31-45(48)44-11-9-42(34-50(44)62)52-30-37(2)36-70-52)35-57-17-24-66-29-28-65-23-16-54(64)58-18-25-68-51-14-7-40(32-46(51)56)8-15-53-59-47-33-43(55-38(3)60-69-39(55)4)10-13-49(47)63(53)20-19-61-21-26-67-27-22-61/h6-7,9-14,16,23,30-34,36,57H,5,8,15,17-22,24-29,35H2,1-4H3,(H,58,64). The van der Waals surface area contributed by atoms with Crippen LogP contribution in [0, 0.1) is 26.6 Å². The molecule has 5 heterocycles. The van der Waals surface area contributed by atoms with Gasteiger partial charge in [-0.2, -0.15) is 0 Å². The lowest BCUT2D eigenvalue weighted by Crippen LogP contribution is -2.38. The van der Waals surface area contributed by atoms with Gasteiger partial charge in [-0.1, -0.05) is 35.5 Å². The second kappa shape index (κ2) is 23.0.